The van der Waals surface area contributed by atoms with E-state index in [0.717, 1.165) is 41.9 Å². The smallest absolute Gasteiger partial charge is 0.258 e. The fourth-order valence-corrected chi connectivity index (χ4v) is 4.29. The van der Waals surface area contributed by atoms with Crippen LogP contribution in [-0.2, 0) is 17.8 Å². The van der Waals surface area contributed by atoms with Crippen molar-refractivity contribution in [1.82, 2.24) is 0 Å². The molecule has 0 spiro atoms. The third-order valence-corrected chi connectivity index (χ3v) is 5.80. The van der Waals surface area contributed by atoms with E-state index in [4.69, 9.17) is 0 Å². The van der Waals surface area contributed by atoms with E-state index in [2.05, 4.69) is 53.4 Å². The fourth-order valence-electron chi connectivity index (χ4n) is 4.29. The lowest BCUT2D eigenvalue weighted by Crippen LogP contribution is -2.30. The first-order chi connectivity index (χ1) is 13.7. The van der Waals surface area contributed by atoms with Crippen LogP contribution in [0.25, 0.3) is 11.6 Å². The van der Waals surface area contributed by atoms with Crippen molar-refractivity contribution in [3.05, 3.63) is 95.1 Å². The van der Waals surface area contributed by atoms with Crippen LogP contribution in [0.15, 0.2) is 72.8 Å². The Hall–Kier alpha value is -3.33. The van der Waals surface area contributed by atoms with E-state index in [-0.39, 0.29) is 5.91 Å². The Morgan fingerprint density at radius 1 is 0.821 bits per heavy atom. The molecule has 3 aromatic carbocycles. The number of likely N-dealkylation sites (N-methyl/N-ethyl adjacent to an activating group) is 1. The number of amides is 1. The van der Waals surface area contributed by atoms with Crippen LogP contribution in [0.2, 0.25) is 0 Å². The number of carbonyl (C=O) groups is 1. The van der Waals surface area contributed by atoms with Gasteiger partial charge in [0.15, 0.2) is 0 Å². The highest BCUT2D eigenvalue weighted by Gasteiger charge is 2.29. The molecule has 2 aliphatic heterocycles. The van der Waals surface area contributed by atoms with Crippen molar-refractivity contribution in [3.8, 4) is 0 Å². The first-order valence-electron chi connectivity index (χ1n) is 9.72. The van der Waals surface area contributed by atoms with Gasteiger partial charge in [0.1, 0.15) is 0 Å². The minimum Gasteiger partial charge on any atom is -0.366 e. The summed E-state index contributed by atoms with van der Waals surface area (Å²) in [5.41, 5.74) is 7.86. The zero-order valence-corrected chi connectivity index (χ0v) is 15.9. The summed E-state index contributed by atoms with van der Waals surface area (Å²) in [4.78, 5) is 17.0. The van der Waals surface area contributed by atoms with Crippen LogP contribution in [0.3, 0.4) is 0 Å². The molecule has 0 radical (unpaired) electrons. The van der Waals surface area contributed by atoms with Gasteiger partial charge in [0.05, 0.1) is 5.69 Å². The Labute approximate surface area is 165 Å². The maximum atomic E-state index is 12.9. The van der Waals surface area contributed by atoms with Crippen molar-refractivity contribution < 1.29 is 4.79 Å². The lowest BCUT2D eigenvalue weighted by molar-refractivity contribution is -0.112. The molecule has 0 N–H and O–H groups in total. The maximum absolute atomic E-state index is 12.9. The number of nitrogens with zero attached hydrogens (tertiary/aromatic N) is 2. The number of carbonyl (C=O) groups excluding carboxylic acids is 1. The van der Waals surface area contributed by atoms with Gasteiger partial charge in [-0.15, -0.1) is 0 Å². The molecule has 0 aromatic heterocycles. The van der Waals surface area contributed by atoms with Gasteiger partial charge in [0, 0.05) is 37.0 Å². The minimum absolute atomic E-state index is 0.0555. The zero-order valence-electron chi connectivity index (χ0n) is 15.9. The van der Waals surface area contributed by atoms with Gasteiger partial charge in [0.2, 0.25) is 0 Å². The average Bonchev–Trinajstić information content (AvgIpc) is 2.99. The van der Waals surface area contributed by atoms with E-state index < -0.39 is 0 Å². The SMILES string of the molecule is CN1C(=O)/C(=C/c2ccccc2N2CCc3ccccc3C2)c2ccccc21. The van der Waals surface area contributed by atoms with Crippen molar-refractivity contribution in [1.29, 1.82) is 0 Å². The predicted molar refractivity (Wildman–Crippen MR) is 115 cm³/mol. The molecule has 138 valence electrons. The minimum atomic E-state index is 0.0555. The van der Waals surface area contributed by atoms with E-state index in [1.165, 1.54) is 16.8 Å². The summed E-state index contributed by atoms with van der Waals surface area (Å²) in [6.07, 6.45) is 3.10. The van der Waals surface area contributed by atoms with Gasteiger partial charge in [-0.25, -0.2) is 0 Å². The molecule has 0 bridgehead atoms. The standard InChI is InChI=1S/C25H22N2O/c1-26-24-13-7-5-11-21(24)22(25(26)28)16-19-9-4-6-12-23(19)27-15-14-18-8-2-3-10-20(18)17-27/h2-13,16H,14-15,17H2,1H3/b22-16+. The molecule has 0 unspecified atom stereocenters. The average molecular weight is 366 g/mol. The number of rotatable bonds is 2. The van der Waals surface area contributed by atoms with Crippen LogP contribution < -0.4 is 9.80 Å². The molecular formula is C25H22N2O. The van der Waals surface area contributed by atoms with E-state index in [1.807, 2.05) is 37.4 Å². The first kappa shape index (κ1) is 16.8. The largest absolute Gasteiger partial charge is 0.366 e. The molecule has 2 aliphatic rings. The molecular weight excluding hydrogens is 344 g/mol. The monoisotopic (exact) mass is 366 g/mol. The van der Waals surface area contributed by atoms with Gasteiger partial charge in [-0.1, -0.05) is 60.7 Å². The molecule has 5 rings (SSSR count). The van der Waals surface area contributed by atoms with E-state index >= 15 is 0 Å². The Morgan fingerprint density at radius 3 is 2.36 bits per heavy atom. The summed E-state index contributed by atoms with van der Waals surface area (Å²) in [5, 5.41) is 0. The summed E-state index contributed by atoms with van der Waals surface area (Å²) in [6.45, 7) is 1.89. The third kappa shape index (κ3) is 2.71. The predicted octanol–water partition coefficient (Wildman–Crippen LogP) is 4.77. The highest BCUT2D eigenvalue weighted by Crippen LogP contribution is 2.38. The van der Waals surface area contributed by atoms with Crippen LogP contribution in [-0.4, -0.2) is 19.5 Å². The summed E-state index contributed by atoms with van der Waals surface area (Å²) >= 11 is 0. The Morgan fingerprint density at radius 2 is 1.50 bits per heavy atom. The molecule has 0 fully saturated rings. The third-order valence-electron chi connectivity index (χ3n) is 5.80. The molecule has 0 atom stereocenters. The van der Waals surface area contributed by atoms with Gasteiger partial charge in [-0.2, -0.15) is 0 Å². The number of anilines is 2. The zero-order chi connectivity index (χ0) is 19.1. The maximum Gasteiger partial charge on any atom is 0.258 e. The molecule has 3 aromatic rings. The van der Waals surface area contributed by atoms with Gasteiger partial charge in [0.25, 0.3) is 5.91 Å². The van der Waals surface area contributed by atoms with E-state index in [1.54, 1.807) is 4.90 Å². The van der Waals surface area contributed by atoms with Crippen LogP contribution in [0, 0.1) is 0 Å². The Kier molecular flexibility index (Phi) is 4.01. The van der Waals surface area contributed by atoms with E-state index in [0.29, 0.717) is 0 Å². The summed E-state index contributed by atoms with van der Waals surface area (Å²) in [6, 6.07) is 25.1. The van der Waals surface area contributed by atoms with E-state index in [9.17, 15) is 4.79 Å². The van der Waals surface area contributed by atoms with Crippen molar-refractivity contribution >= 4 is 28.9 Å². The molecule has 2 heterocycles. The van der Waals surface area contributed by atoms with Crippen LogP contribution in [0.5, 0.6) is 0 Å². The quantitative estimate of drug-likeness (QED) is 0.610. The van der Waals surface area contributed by atoms with Crippen LogP contribution >= 0.6 is 0 Å². The van der Waals surface area contributed by atoms with Crippen LogP contribution in [0.1, 0.15) is 22.3 Å². The van der Waals surface area contributed by atoms with Crippen molar-refractivity contribution in [3.63, 3.8) is 0 Å². The second-order valence-electron chi connectivity index (χ2n) is 7.44. The summed E-state index contributed by atoms with van der Waals surface area (Å²) < 4.78 is 0. The second-order valence-corrected chi connectivity index (χ2v) is 7.44. The topological polar surface area (TPSA) is 23.6 Å². The molecule has 28 heavy (non-hydrogen) atoms. The lowest BCUT2D eigenvalue weighted by atomic mass is 9.98. The van der Waals surface area contributed by atoms with Gasteiger partial charge >= 0.3 is 0 Å². The van der Waals surface area contributed by atoms with Crippen LogP contribution in [0.4, 0.5) is 11.4 Å². The van der Waals surface area contributed by atoms with Crippen molar-refractivity contribution in [2.75, 3.05) is 23.4 Å². The van der Waals surface area contributed by atoms with Gasteiger partial charge < -0.3 is 9.80 Å². The van der Waals surface area contributed by atoms with Crippen molar-refractivity contribution in [2.24, 2.45) is 0 Å². The lowest BCUT2D eigenvalue weighted by Gasteiger charge is -2.32. The second kappa shape index (κ2) is 6.68. The number of fused-ring (bicyclic) bond motifs is 2. The summed E-state index contributed by atoms with van der Waals surface area (Å²) in [5.74, 6) is 0.0555. The molecule has 0 aliphatic carbocycles. The normalized spacial score (nSPS) is 17.0. The van der Waals surface area contributed by atoms with Crippen molar-refractivity contribution in [2.45, 2.75) is 13.0 Å². The molecule has 3 nitrogen and oxygen atoms in total. The Bertz CT molecular complexity index is 1100. The number of para-hydroxylation sites is 2. The van der Waals surface area contributed by atoms with Gasteiger partial charge in [-0.3, -0.25) is 4.79 Å². The molecule has 0 saturated carbocycles. The summed E-state index contributed by atoms with van der Waals surface area (Å²) in [7, 11) is 1.84. The molecule has 0 saturated heterocycles. The fraction of sp³-hybridized carbons (Fsp3) is 0.160. The molecule has 1 amide bonds. The first-order valence-corrected chi connectivity index (χ1v) is 9.72. The van der Waals surface area contributed by atoms with Gasteiger partial charge in [-0.05, 0) is 41.3 Å². The Balaban J connectivity index is 1.55. The number of hydrogen-bond donors (Lipinski definition) is 0. The highest BCUT2D eigenvalue weighted by atomic mass is 16.2. The number of benzene rings is 3. The highest BCUT2D eigenvalue weighted by molar-refractivity contribution is 6.35. The number of hydrogen-bond acceptors (Lipinski definition) is 2. The molecule has 3 heteroatoms.